The summed E-state index contributed by atoms with van der Waals surface area (Å²) in [7, 11) is 0. The third-order valence-corrected chi connectivity index (χ3v) is 6.55. The summed E-state index contributed by atoms with van der Waals surface area (Å²) in [6.07, 6.45) is 3.81. The molecule has 2 N–H and O–H groups in total. The van der Waals surface area contributed by atoms with Gasteiger partial charge in [-0.3, -0.25) is 9.59 Å². The highest BCUT2D eigenvalue weighted by Crippen LogP contribution is 2.27. The maximum atomic E-state index is 12.9. The van der Waals surface area contributed by atoms with Gasteiger partial charge in [0, 0.05) is 19.0 Å². The number of aromatic nitrogens is 2. The van der Waals surface area contributed by atoms with Crippen molar-refractivity contribution >= 4 is 33.4 Å². The third-order valence-electron chi connectivity index (χ3n) is 5.57. The van der Waals surface area contributed by atoms with Gasteiger partial charge in [0.05, 0.1) is 10.2 Å². The molecule has 0 spiro atoms. The quantitative estimate of drug-likeness (QED) is 0.485. The van der Waals surface area contributed by atoms with Gasteiger partial charge in [-0.15, -0.1) is 11.3 Å². The Labute approximate surface area is 188 Å². The van der Waals surface area contributed by atoms with Gasteiger partial charge < -0.3 is 15.1 Å². The van der Waals surface area contributed by atoms with E-state index in [1.807, 2.05) is 36.6 Å². The number of nitrogens with one attached hydrogen (secondary N) is 2. The first-order chi connectivity index (χ1) is 15.6. The molecule has 3 aromatic heterocycles. The molecule has 4 heterocycles. The van der Waals surface area contributed by atoms with Gasteiger partial charge in [-0.05, 0) is 47.9 Å². The Bertz CT molecular complexity index is 1290. The number of fused-ring (bicyclic) bond motifs is 1. The Morgan fingerprint density at radius 2 is 2.09 bits per heavy atom. The van der Waals surface area contributed by atoms with Crippen LogP contribution in [0.4, 0.5) is 0 Å². The Kier molecular flexibility index (Phi) is 5.45. The van der Waals surface area contributed by atoms with E-state index < -0.39 is 6.04 Å². The second-order valence-electron chi connectivity index (χ2n) is 7.89. The van der Waals surface area contributed by atoms with Crippen molar-refractivity contribution in [2.24, 2.45) is 0 Å². The van der Waals surface area contributed by atoms with E-state index in [0.717, 1.165) is 39.0 Å². The molecule has 0 radical (unpaired) electrons. The van der Waals surface area contributed by atoms with Crippen molar-refractivity contribution in [2.75, 3.05) is 6.54 Å². The number of aryl methyl sites for hydroxylation is 1. The van der Waals surface area contributed by atoms with E-state index in [4.69, 9.17) is 4.42 Å². The van der Waals surface area contributed by atoms with Crippen LogP contribution in [0.25, 0.3) is 21.5 Å². The fraction of sp³-hybridized carbons (Fsp3) is 0.250. The van der Waals surface area contributed by atoms with Gasteiger partial charge in [-0.2, -0.15) is 0 Å². The second kappa shape index (κ2) is 8.55. The van der Waals surface area contributed by atoms with E-state index in [9.17, 15) is 9.59 Å². The van der Waals surface area contributed by atoms with Crippen LogP contribution in [0.3, 0.4) is 0 Å². The van der Waals surface area contributed by atoms with Crippen LogP contribution in [-0.4, -0.2) is 34.4 Å². The molecule has 0 saturated carbocycles. The van der Waals surface area contributed by atoms with Crippen molar-refractivity contribution in [1.29, 1.82) is 0 Å². The molecule has 4 aromatic rings. The lowest BCUT2D eigenvalue weighted by Crippen LogP contribution is -2.50. The molecule has 7 nitrogen and oxygen atoms in total. The summed E-state index contributed by atoms with van der Waals surface area (Å²) >= 11 is 1.61. The van der Waals surface area contributed by atoms with E-state index in [2.05, 4.69) is 32.7 Å². The van der Waals surface area contributed by atoms with E-state index in [0.29, 0.717) is 31.0 Å². The highest BCUT2D eigenvalue weighted by molar-refractivity contribution is 7.17. The summed E-state index contributed by atoms with van der Waals surface area (Å²) in [5.41, 5.74) is 5.08. The van der Waals surface area contributed by atoms with Crippen molar-refractivity contribution < 1.29 is 14.0 Å². The first-order valence-electron chi connectivity index (χ1n) is 10.5. The lowest BCUT2D eigenvalue weighted by molar-refractivity contribution is -0.124. The van der Waals surface area contributed by atoms with E-state index >= 15 is 0 Å². The Hall–Kier alpha value is -3.52. The number of nitrogens with zero attached hydrogens (tertiary/aromatic N) is 2. The monoisotopic (exact) mass is 446 g/mol. The molecule has 5 rings (SSSR count). The second-order valence-corrected chi connectivity index (χ2v) is 8.80. The Morgan fingerprint density at radius 3 is 2.84 bits per heavy atom. The number of thiophene rings is 1. The van der Waals surface area contributed by atoms with Crippen molar-refractivity contribution in [1.82, 2.24) is 20.6 Å². The van der Waals surface area contributed by atoms with Crippen LogP contribution in [0.1, 0.15) is 40.3 Å². The molecule has 1 fully saturated rings. The zero-order valence-electron chi connectivity index (χ0n) is 17.6. The van der Waals surface area contributed by atoms with E-state index in [1.165, 1.54) is 0 Å². The number of carbonyl (C=O) groups excluding carboxylic acids is 2. The van der Waals surface area contributed by atoms with Crippen LogP contribution in [0.5, 0.6) is 0 Å². The minimum absolute atomic E-state index is 0.135. The fourth-order valence-electron chi connectivity index (χ4n) is 3.92. The Morgan fingerprint density at radius 1 is 1.25 bits per heavy atom. The SMILES string of the molecule is Cc1nc(-c2ccc(Cc3cc(C(=O)NC4CCCNC4=O)nc4ccsc34)cc2)co1. The van der Waals surface area contributed by atoms with Gasteiger partial charge >= 0.3 is 0 Å². The van der Waals surface area contributed by atoms with Crippen LogP contribution >= 0.6 is 11.3 Å². The summed E-state index contributed by atoms with van der Waals surface area (Å²) in [5, 5.41) is 7.61. The van der Waals surface area contributed by atoms with Crippen molar-refractivity contribution in [3.63, 3.8) is 0 Å². The zero-order valence-corrected chi connectivity index (χ0v) is 18.4. The number of hydrogen-bond donors (Lipinski definition) is 2. The fourth-order valence-corrected chi connectivity index (χ4v) is 4.77. The smallest absolute Gasteiger partial charge is 0.270 e. The summed E-state index contributed by atoms with van der Waals surface area (Å²) in [6, 6.07) is 11.4. The van der Waals surface area contributed by atoms with E-state index in [-0.39, 0.29) is 11.8 Å². The number of pyridine rings is 1. The molecule has 1 saturated heterocycles. The third kappa shape index (κ3) is 4.13. The van der Waals surface area contributed by atoms with Crippen LogP contribution < -0.4 is 10.6 Å². The minimum atomic E-state index is -0.507. The standard InChI is InChI=1S/C24H22N4O3S/c1-14-26-21(13-31-14)16-6-4-15(5-7-16)11-17-12-20(27-18-8-10-32-22(17)18)24(30)28-19-3-2-9-25-23(19)29/h4-8,10,12-13,19H,2-3,9,11H2,1H3,(H,25,29)(H,28,30). The van der Waals surface area contributed by atoms with Gasteiger partial charge in [0.15, 0.2) is 5.89 Å². The first kappa shape index (κ1) is 20.4. The number of rotatable bonds is 5. The average Bonchev–Trinajstić information content (AvgIpc) is 3.45. The number of oxazole rings is 1. The summed E-state index contributed by atoms with van der Waals surface area (Å²) < 4.78 is 6.36. The number of piperidine rings is 1. The minimum Gasteiger partial charge on any atom is -0.449 e. The van der Waals surface area contributed by atoms with Gasteiger partial charge in [0.1, 0.15) is 23.7 Å². The molecule has 1 aliphatic rings. The van der Waals surface area contributed by atoms with Gasteiger partial charge in [-0.25, -0.2) is 9.97 Å². The van der Waals surface area contributed by atoms with Gasteiger partial charge in [-0.1, -0.05) is 24.3 Å². The topological polar surface area (TPSA) is 97.1 Å². The number of amides is 2. The van der Waals surface area contributed by atoms with Gasteiger partial charge in [0.2, 0.25) is 5.91 Å². The van der Waals surface area contributed by atoms with Crippen molar-refractivity contribution in [2.45, 2.75) is 32.2 Å². The maximum absolute atomic E-state index is 12.9. The van der Waals surface area contributed by atoms with Crippen molar-refractivity contribution in [3.05, 3.63) is 70.8 Å². The molecule has 1 atom stereocenters. The van der Waals surface area contributed by atoms with Crippen LogP contribution in [-0.2, 0) is 11.2 Å². The summed E-state index contributed by atoms with van der Waals surface area (Å²) in [5.74, 6) is 0.180. The normalized spacial score (nSPS) is 16.2. The van der Waals surface area contributed by atoms with E-state index in [1.54, 1.807) is 17.6 Å². The molecule has 32 heavy (non-hydrogen) atoms. The number of benzene rings is 1. The van der Waals surface area contributed by atoms with Crippen LogP contribution in [0.2, 0.25) is 0 Å². The van der Waals surface area contributed by atoms with Crippen LogP contribution in [0, 0.1) is 6.92 Å². The molecule has 2 amide bonds. The molecular weight excluding hydrogens is 424 g/mol. The zero-order chi connectivity index (χ0) is 22.1. The Balaban J connectivity index is 1.39. The molecule has 8 heteroatoms. The lowest BCUT2D eigenvalue weighted by atomic mass is 10.0. The largest absolute Gasteiger partial charge is 0.449 e. The molecule has 162 valence electrons. The molecule has 0 bridgehead atoms. The van der Waals surface area contributed by atoms with Crippen molar-refractivity contribution in [3.8, 4) is 11.3 Å². The highest BCUT2D eigenvalue weighted by Gasteiger charge is 2.25. The number of carbonyl (C=O) groups is 2. The van der Waals surface area contributed by atoms with Gasteiger partial charge in [0.25, 0.3) is 5.91 Å². The summed E-state index contributed by atoms with van der Waals surface area (Å²) in [4.78, 5) is 33.8. The lowest BCUT2D eigenvalue weighted by Gasteiger charge is -2.22. The highest BCUT2D eigenvalue weighted by atomic mass is 32.1. The maximum Gasteiger partial charge on any atom is 0.270 e. The molecule has 1 aliphatic heterocycles. The molecule has 0 aliphatic carbocycles. The predicted molar refractivity (Wildman–Crippen MR) is 123 cm³/mol. The van der Waals surface area contributed by atoms with Crippen LogP contribution in [0.15, 0.2) is 52.5 Å². The predicted octanol–water partition coefficient (Wildman–Crippen LogP) is 3.86. The molecule has 1 unspecified atom stereocenters. The average molecular weight is 447 g/mol. The number of hydrogen-bond acceptors (Lipinski definition) is 6. The molecular formula is C24H22N4O3S. The first-order valence-corrected chi connectivity index (χ1v) is 11.4. The molecule has 1 aromatic carbocycles. The summed E-state index contributed by atoms with van der Waals surface area (Å²) in [6.45, 7) is 2.48.